The van der Waals surface area contributed by atoms with Gasteiger partial charge in [0.15, 0.2) is 5.78 Å². The third-order valence-electron chi connectivity index (χ3n) is 8.12. The topological polar surface area (TPSA) is 59.8 Å². The van der Waals surface area contributed by atoms with Crippen LogP contribution in [0.3, 0.4) is 0 Å². The Morgan fingerprint density at radius 3 is 2.10 bits per heavy atom. The molecule has 1 aliphatic rings. The highest BCUT2D eigenvalue weighted by atomic mass is 16.5. The molecule has 0 saturated heterocycles. The molecule has 1 saturated carbocycles. The Hall–Kier alpha value is -2.92. The van der Waals surface area contributed by atoms with Gasteiger partial charge < -0.3 is 14.1 Å². The van der Waals surface area contributed by atoms with Gasteiger partial charge in [-0.05, 0) is 94.8 Å². The summed E-state index contributed by atoms with van der Waals surface area (Å²) in [5.41, 5.74) is 3.60. The number of fused-ring (bicyclic) bond motifs is 1. The van der Waals surface area contributed by atoms with Crippen molar-refractivity contribution in [1.29, 1.82) is 0 Å². The van der Waals surface area contributed by atoms with Crippen LogP contribution < -0.4 is 0 Å². The van der Waals surface area contributed by atoms with Gasteiger partial charge in [-0.1, -0.05) is 64.3 Å². The molecule has 5 heteroatoms. The molecule has 0 spiro atoms. The Kier molecular flexibility index (Phi) is 11.4. The van der Waals surface area contributed by atoms with Crippen molar-refractivity contribution in [2.24, 2.45) is 0 Å². The minimum Gasteiger partial charge on any atom is -0.460 e. The lowest BCUT2D eigenvalue weighted by atomic mass is 9.95. The van der Waals surface area contributed by atoms with Gasteiger partial charge in [-0.2, -0.15) is 0 Å². The van der Waals surface area contributed by atoms with Crippen molar-refractivity contribution < 1.29 is 18.7 Å². The number of ether oxygens (including phenoxy) is 1. The molecule has 0 N–H and O–H groups in total. The number of rotatable bonds is 17. The standard InChI is InChI=1S/C35H47NO4/c1-4-7-15-32-33(30-25-28(20-21-31(30)40-32)35(38)39-29-13-10-14-29)34(37)27-18-16-26(17-19-27)12-11-24-36(22-8-5-2)23-9-6-3/h16-21,25,29H,4-15,22-24H2,1-3H3. The van der Waals surface area contributed by atoms with Crippen LogP contribution >= 0.6 is 0 Å². The summed E-state index contributed by atoms with van der Waals surface area (Å²) in [6.45, 7) is 10.1. The van der Waals surface area contributed by atoms with Crippen molar-refractivity contribution in [2.75, 3.05) is 19.6 Å². The molecule has 1 fully saturated rings. The lowest BCUT2D eigenvalue weighted by Gasteiger charge is -2.25. The zero-order chi connectivity index (χ0) is 28.3. The predicted octanol–water partition coefficient (Wildman–Crippen LogP) is 8.55. The van der Waals surface area contributed by atoms with Gasteiger partial charge in [0.05, 0.1) is 11.1 Å². The fraction of sp³-hybridized carbons (Fsp3) is 0.543. The van der Waals surface area contributed by atoms with Crippen molar-refractivity contribution in [3.05, 3.63) is 70.5 Å². The first-order valence-corrected chi connectivity index (χ1v) is 15.7. The van der Waals surface area contributed by atoms with E-state index >= 15 is 0 Å². The van der Waals surface area contributed by atoms with E-state index in [0.29, 0.717) is 39.8 Å². The molecule has 0 amide bonds. The van der Waals surface area contributed by atoms with E-state index in [9.17, 15) is 9.59 Å². The third kappa shape index (κ3) is 7.84. The molecule has 4 rings (SSSR count). The molecule has 0 atom stereocenters. The van der Waals surface area contributed by atoms with Crippen molar-refractivity contribution in [3.8, 4) is 0 Å². The average molecular weight is 546 g/mol. The number of hydrogen-bond acceptors (Lipinski definition) is 5. The smallest absolute Gasteiger partial charge is 0.338 e. The van der Waals surface area contributed by atoms with Crippen molar-refractivity contribution >= 4 is 22.7 Å². The van der Waals surface area contributed by atoms with Crippen molar-refractivity contribution in [1.82, 2.24) is 4.90 Å². The lowest BCUT2D eigenvalue weighted by molar-refractivity contribution is 0.00901. The van der Waals surface area contributed by atoms with Crippen molar-refractivity contribution in [3.63, 3.8) is 0 Å². The lowest BCUT2D eigenvalue weighted by Crippen LogP contribution is -2.27. The zero-order valence-corrected chi connectivity index (χ0v) is 24.8. The monoisotopic (exact) mass is 545 g/mol. The molecule has 0 aliphatic heterocycles. The number of aryl methyl sites for hydroxylation is 2. The van der Waals surface area contributed by atoms with Crippen molar-refractivity contribution in [2.45, 2.75) is 104 Å². The molecule has 5 nitrogen and oxygen atoms in total. The molecule has 1 aliphatic carbocycles. The average Bonchev–Trinajstić information content (AvgIpc) is 3.32. The highest BCUT2D eigenvalue weighted by Crippen LogP contribution is 2.31. The van der Waals surface area contributed by atoms with Crippen LogP contribution in [0, 0.1) is 0 Å². The van der Waals surface area contributed by atoms with E-state index in [0.717, 1.165) is 51.5 Å². The van der Waals surface area contributed by atoms with E-state index in [1.807, 2.05) is 12.1 Å². The van der Waals surface area contributed by atoms with Gasteiger partial charge in [-0.3, -0.25) is 4.79 Å². The van der Waals surface area contributed by atoms with Gasteiger partial charge >= 0.3 is 5.97 Å². The summed E-state index contributed by atoms with van der Waals surface area (Å²) in [5, 5.41) is 0.697. The SMILES string of the molecule is CCCCc1oc2ccc(C(=O)OC3CCC3)cc2c1C(=O)c1ccc(CCCN(CCCC)CCCC)cc1. The number of ketones is 1. The van der Waals surface area contributed by atoms with E-state index in [4.69, 9.17) is 9.15 Å². The van der Waals surface area contributed by atoms with E-state index in [1.165, 1.54) is 44.3 Å². The van der Waals surface area contributed by atoms with E-state index in [-0.39, 0.29) is 17.9 Å². The summed E-state index contributed by atoms with van der Waals surface area (Å²) in [7, 11) is 0. The molecule has 3 aromatic rings. The first kappa shape index (κ1) is 30.0. The molecule has 1 aromatic heterocycles. The summed E-state index contributed by atoms with van der Waals surface area (Å²) >= 11 is 0. The molecule has 0 unspecified atom stereocenters. The molecule has 2 aromatic carbocycles. The van der Waals surface area contributed by atoms with Crippen LogP contribution in [0.25, 0.3) is 11.0 Å². The summed E-state index contributed by atoms with van der Waals surface area (Å²) in [4.78, 5) is 29.2. The van der Waals surface area contributed by atoms with Gasteiger partial charge in [0.25, 0.3) is 0 Å². The fourth-order valence-corrected chi connectivity index (χ4v) is 5.32. The molecule has 0 bridgehead atoms. The summed E-state index contributed by atoms with van der Waals surface area (Å²) in [5.74, 6) is 0.328. The summed E-state index contributed by atoms with van der Waals surface area (Å²) < 4.78 is 11.8. The minimum absolute atomic E-state index is 0.0167. The number of esters is 1. The second-order valence-electron chi connectivity index (χ2n) is 11.4. The van der Waals surface area contributed by atoms with Gasteiger partial charge in [-0.25, -0.2) is 4.79 Å². The molecule has 0 radical (unpaired) electrons. The Labute approximate surface area is 240 Å². The second-order valence-corrected chi connectivity index (χ2v) is 11.4. The maximum Gasteiger partial charge on any atom is 0.338 e. The van der Waals surface area contributed by atoms with Crippen LogP contribution in [0.2, 0.25) is 0 Å². The largest absolute Gasteiger partial charge is 0.460 e. The van der Waals surface area contributed by atoms with E-state index < -0.39 is 0 Å². The number of carbonyl (C=O) groups is 2. The summed E-state index contributed by atoms with van der Waals surface area (Å²) in [6, 6.07) is 13.4. The molecule has 216 valence electrons. The number of furan rings is 1. The van der Waals surface area contributed by atoms with Gasteiger partial charge in [0.2, 0.25) is 0 Å². The minimum atomic E-state index is -0.325. The highest BCUT2D eigenvalue weighted by Gasteiger charge is 2.25. The number of carbonyl (C=O) groups excluding carboxylic acids is 2. The Morgan fingerprint density at radius 2 is 1.48 bits per heavy atom. The van der Waals surface area contributed by atoms with Gasteiger partial charge in [-0.15, -0.1) is 0 Å². The summed E-state index contributed by atoms with van der Waals surface area (Å²) in [6.07, 6.45) is 12.7. The van der Waals surface area contributed by atoms with Crippen LogP contribution in [0.5, 0.6) is 0 Å². The number of unbranched alkanes of at least 4 members (excludes halogenated alkanes) is 3. The van der Waals surface area contributed by atoms with Gasteiger partial charge in [0.1, 0.15) is 17.4 Å². The van der Waals surface area contributed by atoms with Crippen LogP contribution in [-0.4, -0.2) is 42.4 Å². The maximum absolute atomic E-state index is 13.9. The first-order chi connectivity index (χ1) is 19.5. The van der Waals surface area contributed by atoms with Crippen LogP contribution in [0.15, 0.2) is 46.9 Å². The fourth-order valence-electron chi connectivity index (χ4n) is 5.32. The number of hydrogen-bond donors (Lipinski definition) is 0. The second kappa shape index (κ2) is 15.2. The number of benzene rings is 2. The maximum atomic E-state index is 13.9. The molecular weight excluding hydrogens is 498 g/mol. The Balaban J connectivity index is 1.48. The Bertz CT molecular complexity index is 1230. The molecule has 1 heterocycles. The zero-order valence-electron chi connectivity index (χ0n) is 24.8. The van der Waals surface area contributed by atoms with Gasteiger partial charge in [0, 0.05) is 17.4 Å². The van der Waals surface area contributed by atoms with E-state index in [2.05, 4.69) is 37.8 Å². The normalized spacial score (nSPS) is 13.6. The Morgan fingerprint density at radius 1 is 0.825 bits per heavy atom. The quantitative estimate of drug-likeness (QED) is 0.126. The first-order valence-electron chi connectivity index (χ1n) is 15.7. The van der Waals surface area contributed by atoms with Crippen LogP contribution in [0.1, 0.15) is 123 Å². The predicted molar refractivity (Wildman–Crippen MR) is 162 cm³/mol. The van der Waals surface area contributed by atoms with Crippen LogP contribution in [-0.2, 0) is 17.6 Å². The van der Waals surface area contributed by atoms with Crippen LogP contribution in [0.4, 0.5) is 0 Å². The molecular formula is C35H47NO4. The third-order valence-corrected chi connectivity index (χ3v) is 8.12. The van der Waals surface area contributed by atoms with E-state index in [1.54, 1.807) is 18.2 Å². The highest BCUT2D eigenvalue weighted by molar-refractivity contribution is 6.17. The molecule has 40 heavy (non-hydrogen) atoms. The number of nitrogens with zero attached hydrogens (tertiary/aromatic N) is 1.